The van der Waals surface area contributed by atoms with E-state index in [0.717, 1.165) is 0 Å². The fourth-order valence-corrected chi connectivity index (χ4v) is 0.207. The van der Waals surface area contributed by atoms with E-state index in [2.05, 4.69) is 4.74 Å². The Morgan fingerprint density at radius 2 is 1.78 bits per heavy atom. The maximum Gasteiger partial charge on any atom is 0.345 e. The first kappa shape index (κ1) is 11.6. The third-order valence-electron chi connectivity index (χ3n) is 0.448. The van der Waals surface area contributed by atoms with Gasteiger partial charge in [0.05, 0.1) is 6.61 Å². The van der Waals surface area contributed by atoms with Gasteiger partial charge in [0, 0.05) is 0 Å². The minimum atomic E-state index is -2.60. The van der Waals surface area contributed by atoms with Crippen LogP contribution in [-0.2, 0) is 4.74 Å². The highest BCUT2D eigenvalue weighted by atomic mass is 19.3. The molecule has 0 aromatic heterocycles. The molecule has 0 amide bonds. The lowest BCUT2D eigenvalue weighted by Gasteiger charge is -1.95. The summed E-state index contributed by atoms with van der Waals surface area (Å²) in [4.78, 5) is 0. The van der Waals surface area contributed by atoms with E-state index < -0.39 is 6.61 Å². The molecule has 0 aromatic rings. The van der Waals surface area contributed by atoms with Crippen LogP contribution in [0.2, 0.25) is 0 Å². The Hall–Kier alpha value is -0.180. The van der Waals surface area contributed by atoms with Gasteiger partial charge in [-0.05, 0) is 6.42 Å². The fraction of sp³-hybridized carbons (Fsp3) is 1.00. The van der Waals surface area contributed by atoms with Crippen molar-refractivity contribution < 1.29 is 13.5 Å². The molecule has 0 heterocycles. The van der Waals surface area contributed by atoms with Crippen molar-refractivity contribution in [2.75, 3.05) is 6.61 Å². The van der Waals surface area contributed by atoms with E-state index in [-0.39, 0.29) is 6.61 Å². The SMILES string of the molecule is CC.CCCOC(F)F. The van der Waals surface area contributed by atoms with Crippen LogP contribution in [0, 0.1) is 0 Å². The van der Waals surface area contributed by atoms with Crippen LogP contribution in [-0.4, -0.2) is 13.2 Å². The van der Waals surface area contributed by atoms with Crippen molar-refractivity contribution in [3.63, 3.8) is 0 Å². The molecule has 58 valence electrons. The highest BCUT2D eigenvalue weighted by molar-refractivity contribution is 4.20. The molecule has 1 nitrogen and oxygen atoms in total. The minimum absolute atomic E-state index is 0.150. The number of ether oxygens (including phenoxy) is 1. The molecular weight excluding hydrogens is 126 g/mol. The van der Waals surface area contributed by atoms with Crippen molar-refractivity contribution in [1.29, 1.82) is 0 Å². The molecule has 0 fully saturated rings. The van der Waals surface area contributed by atoms with Crippen molar-refractivity contribution in [2.45, 2.75) is 33.8 Å². The molecule has 0 N–H and O–H groups in total. The molecule has 3 heteroatoms. The van der Waals surface area contributed by atoms with Crippen LogP contribution in [0.25, 0.3) is 0 Å². The third-order valence-corrected chi connectivity index (χ3v) is 0.448. The maximum absolute atomic E-state index is 11.0. The molecule has 0 saturated carbocycles. The van der Waals surface area contributed by atoms with Crippen LogP contribution in [0.4, 0.5) is 8.78 Å². The lowest BCUT2D eigenvalue weighted by atomic mass is 10.5. The van der Waals surface area contributed by atoms with Crippen LogP contribution in [0.5, 0.6) is 0 Å². The van der Waals surface area contributed by atoms with Gasteiger partial charge < -0.3 is 4.74 Å². The van der Waals surface area contributed by atoms with Crippen LogP contribution in [0.1, 0.15) is 27.2 Å². The summed E-state index contributed by atoms with van der Waals surface area (Å²) >= 11 is 0. The van der Waals surface area contributed by atoms with Gasteiger partial charge in [0.1, 0.15) is 0 Å². The fourth-order valence-electron chi connectivity index (χ4n) is 0.207. The largest absolute Gasteiger partial charge is 0.345 e. The van der Waals surface area contributed by atoms with Gasteiger partial charge in [-0.15, -0.1) is 0 Å². The average Bonchev–Trinajstić information content (AvgIpc) is 1.88. The van der Waals surface area contributed by atoms with E-state index in [1.807, 2.05) is 13.8 Å². The molecule has 0 unspecified atom stereocenters. The lowest BCUT2D eigenvalue weighted by Crippen LogP contribution is -1.98. The summed E-state index contributed by atoms with van der Waals surface area (Å²) in [6, 6.07) is 0. The van der Waals surface area contributed by atoms with E-state index >= 15 is 0 Å². The van der Waals surface area contributed by atoms with Crippen molar-refractivity contribution >= 4 is 0 Å². The van der Waals surface area contributed by atoms with E-state index in [0.29, 0.717) is 6.42 Å². The first-order valence-electron chi connectivity index (χ1n) is 3.17. The molecule has 0 bridgehead atoms. The average molecular weight is 140 g/mol. The second-order valence-corrected chi connectivity index (χ2v) is 1.13. The molecular formula is C6H14F2O. The zero-order chi connectivity index (χ0) is 7.70. The number of alkyl halides is 2. The Bertz CT molecular complexity index is 40.0. The van der Waals surface area contributed by atoms with Gasteiger partial charge in [-0.2, -0.15) is 8.78 Å². The Labute approximate surface area is 55.0 Å². The summed E-state index contributed by atoms with van der Waals surface area (Å²) in [7, 11) is 0. The molecule has 0 radical (unpaired) electrons. The van der Waals surface area contributed by atoms with E-state index in [1.54, 1.807) is 6.92 Å². The summed E-state index contributed by atoms with van der Waals surface area (Å²) in [6.07, 6.45) is 0.643. The van der Waals surface area contributed by atoms with Gasteiger partial charge in [-0.3, -0.25) is 0 Å². The molecule has 0 aliphatic carbocycles. The number of rotatable bonds is 3. The van der Waals surface area contributed by atoms with Crippen LogP contribution in [0.15, 0.2) is 0 Å². The minimum Gasteiger partial charge on any atom is -0.323 e. The normalized spacial score (nSPS) is 8.67. The number of hydrogen-bond acceptors (Lipinski definition) is 1. The predicted molar refractivity (Wildman–Crippen MR) is 33.6 cm³/mol. The second kappa shape index (κ2) is 10.7. The maximum atomic E-state index is 11.0. The Morgan fingerprint density at radius 1 is 1.33 bits per heavy atom. The lowest BCUT2D eigenvalue weighted by molar-refractivity contribution is -0.128. The highest BCUT2D eigenvalue weighted by Crippen LogP contribution is 1.93. The topological polar surface area (TPSA) is 9.23 Å². The van der Waals surface area contributed by atoms with E-state index in [1.165, 1.54) is 0 Å². The summed E-state index contributed by atoms with van der Waals surface area (Å²) in [5.74, 6) is 0. The van der Waals surface area contributed by atoms with Gasteiger partial charge >= 0.3 is 6.61 Å². The summed E-state index contributed by atoms with van der Waals surface area (Å²) < 4.78 is 25.9. The zero-order valence-electron chi connectivity index (χ0n) is 6.16. The quantitative estimate of drug-likeness (QED) is 0.585. The molecule has 0 atom stereocenters. The molecule has 0 rings (SSSR count). The molecule has 0 aromatic carbocycles. The summed E-state index contributed by atoms with van der Waals surface area (Å²) in [6.45, 7) is 3.33. The van der Waals surface area contributed by atoms with Crippen LogP contribution in [0.3, 0.4) is 0 Å². The predicted octanol–water partition coefficient (Wildman–Crippen LogP) is 2.66. The van der Waals surface area contributed by atoms with Crippen molar-refractivity contribution in [3.05, 3.63) is 0 Å². The smallest absolute Gasteiger partial charge is 0.323 e. The molecule has 0 spiro atoms. The van der Waals surface area contributed by atoms with Crippen LogP contribution >= 0.6 is 0 Å². The van der Waals surface area contributed by atoms with Crippen LogP contribution < -0.4 is 0 Å². The molecule has 0 saturated heterocycles. The van der Waals surface area contributed by atoms with Gasteiger partial charge in [-0.25, -0.2) is 0 Å². The molecule has 0 aliphatic rings. The Morgan fingerprint density at radius 3 is 1.89 bits per heavy atom. The number of hydrogen-bond donors (Lipinski definition) is 0. The van der Waals surface area contributed by atoms with Gasteiger partial charge in [0.25, 0.3) is 0 Å². The number of halogens is 2. The molecule has 9 heavy (non-hydrogen) atoms. The van der Waals surface area contributed by atoms with E-state index in [9.17, 15) is 8.78 Å². The van der Waals surface area contributed by atoms with Crippen molar-refractivity contribution in [1.82, 2.24) is 0 Å². The van der Waals surface area contributed by atoms with Crippen molar-refractivity contribution in [2.24, 2.45) is 0 Å². The zero-order valence-corrected chi connectivity index (χ0v) is 6.16. The van der Waals surface area contributed by atoms with E-state index in [4.69, 9.17) is 0 Å². The van der Waals surface area contributed by atoms with Gasteiger partial charge in [-0.1, -0.05) is 20.8 Å². The van der Waals surface area contributed by atoms with Gasteiger partial charge in [0.15, 0.2) is 0 Å². The standard InChI is InChI=1S/C4H8F2O.C2H6/c1-2-3-7-4(5)6;1-2/h4H,2-3H2,1H3;1-2H3. The first-order chi connectivity index (χ1) is 4.27. The molecule has 0 aliphatic heterocycles. The summed E-state index contributed by atoms with van der Waals surface area (Å²) in [5, 5.41) is 0. The Balaban J connectivity index is 0. The Kier molecular flexibility index (Phi) is 13.8. The highest BCUT2D eigenvalue weighted by Gasteiger charge is 1.96. The van der Waals surface area contributed by atoms with Crippen molar-refractivity contribution in [3.8, 4) is 0 Å². The third kappa shape index (κ3) is 18.2. The summed E-state index contributed by atoms with van der Waals surface area (Å²) in [5.41, 5.74) is 0. The second-order valence-electron chi connectivity index (χ2n) is 1.13. The van der Waals surface area contributed by atoms with Gasteiger partial charge in [0.2, 0.25) is 0 Å². The monoisotopic (exact) mass is 140 g/mol. The first-order valence-corrected chi connectivity index (χ1v) is 3.17.